The van der Waals surface area contributed by atoms with Gasteiger partial charge in [0.2, 0.25) is 0 Å². The largest absolute Gasteiger partial charge is 0.493 e. The second kappa shape index (κ2) is 12.6. The van der Waals surface area contributed by atoms with Crippen molar-refractivity contribution in [2.75, 3.05) is 26.8 Å². The predicted octanol–water partition coefficient (Wildman–Crippen LogP) is 5.75. The highest BCUT2D eigenvalue weighted by Gasteiger charge is 2.31. The highest BCUT2D eigenvalue weighted by Crippen LogP contribution is 2.34. The number of carbonyl (C=O) groups excluding carboxylic acids is 1. The van der Waals surface area contributed by atoms with Crippen LogP contribution < -0.4 is 9.47 Å². The number of unbranched alkanes of at least 4 members (excludes halogenated alkanes) is 5. The first-order valence-corrected chi connectivity index (χ1v) is 11.5. The van der Waals surface area contributed by atoms with Crippen LogP contribution in [0.3, 0.4) is 0 Å². The van der Waals surface area contributed by atoms with E-state index in [0.29, 0.717) is 30.4 Å². The maximum atomic E-state index is 12.6. The number of rotatable bonds is 12. The van der Waals surface area contributed by atoms with Crippen LogP contribution in [0.5, 0.6) is 11.5 Å². The number of thioether (sulfide) groups is 1. The molecule has 0 unspecified atom stereocenters. The van der Waals surface area contributed by atoms with E-state index in [1.807, 2.05) is 38.1 Å². The van der Waals surface area contributed by atoms with Gasteiger partial charge in [-0.25, -0.2) is 0 Å². The van der Waals surface area contributed by atoms with Gasteiger partial charge >= 0.3 is 0 Å². The second-order valence-corrected chi connectivity index (χ2v) is 7.95. The van der Waals surface area contributed by atoms with Crippen molar-refractivity contribution in [1.82, 2.24) is 4.90 Å². The van der Waals surface area contributed by atoms with Gasteiger partial charge in [-0.05, 0) is 55.8 Å². The fraction of sp³-hybridized carbons (Fsp3) is 0.565. The minimum atomic E-state index is 0.00654. The quantitative estimate of drug-likeness (QED) is 0.320. The average molecular weight is 419 g/mol. The number of benzene rings is 1. The van der Waals surface area contributed by atoms with E-state index in [9.17, 15) is 4.79 Å². The molecule has 1 aromatic rings. The van der Waals surface area contributed by atoms with Gasteiger partial charge in [-0.2, -0.15) is 0 Å². The molecule has 1 aliphatic heterocycles. The summed E-state index contributed by atoms with van der Waals surface area (Å²) in [6.45, 7) is 8.15. The highest BCUT2D eigenvalue weighted by molar-refractivity contribution is 8.18. The van der Waals surface area contributed by atoms with Gasteiger partial charge in [0, 0.05) is 13.1 Å². The van der Waals surface area contributed by atoms with E-state index < -0.39 is 0 Å². The highest BCUT2D eigenvalue weighted by atomic mass is 32.2. The molecule has 6 heteroatoms. The molecule has 1 heterocycles. The Bertz CT molecular complexity index is 731. The first-order chi connectivity index (χ1) is 14.1. The Labute approximate surface area is 179 Å². The molecule has 29 heavy (non-hydrogen) atoms. The van der Waals surface area contributed by atoms with Crippen molar-refractivity contribution >= 4 is 28.9 Å². The molecule has 2 rings (SSSR count). The summed E-state index contributed by atoms with van der Waals surface area (Å²) < 4.78 is 11.4. The summed E-state index contributed by atoms with van der Waals surface area (Å²) in [5, 5.41) is 0.775. The smallest absolute Gasteiger partial charge is 0.266 e. The molecule has 1 aromatic carbocycles. The van der Waals surface area contributed by atoms with Gasteiger partial charge in [-0.15, -0.1) is 0 Å². The number of methoxy groups -OCH3 is 1. The lowest BCUT2D eigenvalue weighted by Crippen LogP contribution is -2.28. The number of aliphatic imine (C=N–C) groups is 1. The minimum absolute atomic E-state index is 0.00654. The first-order valence-electron chi connectivity index (χ1n) is 10.7. The van der Waals surface area contributed by atoms with Crippen molar-refractivity contribution in [1.29, 1.82) is 0 Å². The van der Waals surface area contributed by atoms with Crippen molar-refractivity contribution in [3.8, 4) is 11.5 Å². The Morgan fingerprint density at radius 3 is 2.52 bits per heavy atom. The van der Waals surface area contributed by atoms with Gasteiger partial charge < -0.3 is 9.47 Å². The standard InChI is InChI=1S/C23H34N2O3S/c1-5-8-9-10-11-12-15-28-19-14-13-18(16-20(19)27-4)17-21-22(26)25(7-3)23(29-21)24-6-2/h13-14,16-17H,5-12,15H2,1-4H3/b21-17-,24-23?. The average Bonchev–Trinajstić information content (AvgIpc) is 3.02. The van der Waals surface area contributed by atoms with Crippen LogP contribution in [-0.2, 0) is 4.79 Å². The van der Waals surface area contributed by atoms with Crippen LogP contribution in [0.15, 0.2) is 28.1 Å². The van der Waals surface area contributed by atoms with E-state index in [0.717, 1.165) is 22.9 Å². The Morgan fingerprint density at radius 1 is 1.07 bits per heavy atom. The third-order valence-electron chi connectivity index (χ3n) is 4.74. The van der Waals surface area contributed by atoms with E-state index in [2.05, 4.69) is 11.9 Å². The lowest BCUT2D eigenvalue weighted by molar-refractivity contribution is -0.122. The van der Waals surface area contributed by atoms with Crippen LogP contribution >= 0.6 is 11.8 Å². The third kappa shape index (κ3) is 6.81. The molecule has 160 valence electrons. The van der Waals surface area contributed by atoms with E-state index >= 15 is 0 Å². The fourth-order valence-corrected chi connectivity index (χ4v) is 4.25. The third-order valence-corrected chi connectivity index (χ3v) is 5.78. The van der Waals surface area contributed by atoms with Crippen LogP contribution in [-0.4, -0.2) is 42.8 Å². The number of carbonyl (C=O) groups is 1. The van der Waals surface area contributed by atoms with E-state index in [-0.39, 0.29) is 5.91 Å². The van der Waals surface area contributed by atoms with Gasteiger partial charge in [0.25, 0.3) is 5.91 Å². The summed E-state index contributed by atoms with van der Waals surface area (Å²) in [7, 11) is 1.64. The van der Waals surface area contributed by atoms with Gasteiger partial charge in [-0.1, -0.05) is 45.1 Å². The van der Waals surface area contributed by atoms with Crippen LogP contribution in [0.2, 0.25) is 0 Å². The first kappa shape index (κ1) is 23.3. The number of amides is 1. The van der Waals surface area contributed by atoms with Gasteiger partial charge in [0.15, 0.2) is 16.7 Å². The van der Waals surface area contributed by atoms with E-state index in [1.165, 1.54) is 43.9 Å². The van der Waals surface area contributed by atoms with Crippen LogP contribution in [0, 0.1) is 0 Å². The molecule has 0 aromatic heterocycles. The van der Waals surface area contributed by atoms with Gasteiger partial charge in [0.1, 0.15) is 0 Å². The van der Waals surface area contributed by atoms with Gasteiger partial charge in [0.05, 0.1) is 18.6 Å². The zero-order valence-electron chi connectivity index (χ0n) is 18.2. The SMILES string of the molecule is CCCCCCCCOc1ccc(/C=C2\SC(=NCC)N(CC)C2=O)cc1OC. The lowest BCUT2D eigenvalue weighted by Gasteiger charge is -2.12. The molecular weight excluding hydrogens is 384 g/mol. The zero-order valence-corrected chi connectivity index (χ0v) is 19.0. The lowest BCUT2D eigenvalue weighted by atomic mass is 10.1. The van der Waals surface area contributed by atoms with Crippen molar-refractivity contribution in [3.05, 3.63) is 28.7 Å². The van der Waals surface area contributed by atoms with Crippen molar-refractivity contribution in [2.24, 2.45) is 4.99 Å². The fourth-order valence-electron chi connectivity index (χ4n) is 3.15. The summed E-state index contributed by atoms with van der Waals surface area (Å²) in [5.41, 5.74) is 0.915. The molecule has 1 saturated heterocycles. The van der Waals surface area contributed by atoms with E-state index in [4.69, 9.17) is 9.47 Å². The number of ether oxygens (including phenoxy) is 2. The Balaban J connectivity index is 2.00. The molecule has 1 fully saturated rings. The Hall–Kier alpha value is -1.95. The van der Waals surface area contributed by atoms with E-state index in [1.54, 1.807) is 12.0 Å². The molecule has 0 saturated carbocycles. The molecule has 0 atom stereocenters. The Morgan fingerprint density at radius 2 is 1.83 bits per heavy atom. The summed E-state index contributed by atoms with van der Waals surface area (Å²) in [6, 6.07) is 5.80. The van der Waals surface area contributed by atoms with Crippen LogP contribution in [0.4, 0.5) is 0 Å². The summed E-state index contributed by atoms with van der Waals surface area (Å²) >= 11 is 1.43. The van der Waals surface area contributed by atoms with Crippen molar-refractivity contribution in [2.45, 2.75) is 59.3 Å². The normalized spacial score (nSPS) is 16.8. The van der Waals surface area contributed by atoms with Crippen LogP contribution in [0.1, 0.15) is 64.9 Å². The predicted molar refractivity (Wildman–Crippen MR) is 123 cm³/mol. The number of hydrogen-bond donors (Lipinski definition) is 0. The Kier molecular flexibility index (Phi) is 10.1. The number of amidine groups is 1. The van der Waals surface area contributed by atoms with Gasteiger partial charge in [-0.3, -0.25) is 14.7 Å². The molecule has 1 amide bonds. The van der Waals surface area contributed by atoms with Crippen molar-refractivity contribution < 1.29 is 14.3 Å². The summed E-state index contributed by atoms with van der Waals surface area (Å²) in [4.78, 5) is 19.4. The molecule has 0 aliphatic carbocycles. The molecule has 0 spiro atoms. The number of likely N-dealkylation sites (N-methyl/N-ethyl adjacent to an activating group) is 1. The van der Waals surface area contributed by atoms with Crippen molar-refractivity contribution in [3.63, 3.8) is 0 Å². The molecule has 5 nitrogen and oxygen atoms in total. The maximum absolute atomic E-state index is 12.6. The summed E-state index contributed by atoms with van der Waals surface area (Å²) in [6.07, 6.45) is 9.30. The molecule has 1 aliphatic rings. The molecule has 0 N–H and O–H groups in total. The monoisotopic (exact) mass is 418 g/mol. The number of nitrogens with zero attached hydrogens (tertiary/aromatic N) is 2. The second-order valence-electron chi connectivity index (χ2n) is 6.94. The summed E-state index contributed by atoms with van der Waals surface area (Å²) in [5.74, 6) is 1.44. The van der Waals surface area contributed by atoms with Crippen LogP contribution in [0.25, 0.3) is 6.08 Å². The molecule has 0 bridgehead atoms. The topological polar surface area (TPSA) is 51.1 Å². The number of hydrogen-bond acceptors (Lipinski definition) is 5. The maximum Gasteiger partial charge on any atom is 0.266 e. The zero-order chi connectivity index (χ0) is 21.1. The minimum Gasteiger partial charge on any atom is -0.493 e. The molecule has 0 radical (unpaired) electrons. The molecular formula is C23H34N2O3S.